The molecule has 4 rings (SSSR count). The molecule has 0 radical (unpaired) electrons. The van der Waals surface area contributed by atoms with Crippen LogP contribution in [0, 0.1) is 0 Å². The standard InChI is InChI=1S/C22H19BrN4O2/c23-17-7-5-16(6-8-17)21(28)18-3-1-2-4-19(18)22(29)27-13-11-26(12-14-27)20-15-24-9-10-25-20/h1-10,15H,11-14H2. The van der Waals surface area contributed by atoms with E-state index in [0.717, 1.165) is 10.3 Å². The normalized spacial score (nSPS) is 14.0. The van der Waals surface area contributed by atoms with Crippen LogP contribution in [0.1, 0.15) is 26.3 Å². The average Bonchev–Trinajstić information content (AvgIpc) is 2.79. The van der Waals surface area contributed by atoms with Crippen LogP contribution in [0.5, 0.6) is 0 Å². The van der Waals surface area contributed by atoms with Gasteiger partial charge in [-0.15, -0.1) is 0 Å². The maximum Gasteiger partial charge on any atom is 0.254 e. The van der Waals surface area contributed by atoms with Gasteiger partial charge in [0.1, 0.15) is 5.82 Å². The van der Waals surface area contributed by atoms with Gasteiger partial charge in [-0.25, -0.2) is 4.98 Å². The van der Waals surface area contributed by atoms with Crippen molar-refractivity contribution in [3.63, 3.8) is 0 Å². The van der Waals surface area contributed by atoms with Crippen LogP contribution in [0.2, 0.25) is 0 Å². The minimum absolute atomic E-state index is 0.121. The molecule has 2 heterocycles. The predicted molar refractivity (Wildman–Crippen MR) is 114 cm³/mol. The van der Waals surface area contributed by atoms with Gasteiger partial charge in [0.25, 0.3) is 5.91 Å². The summed E-state index contributed by atoms with van der Waals surface area (Å²) in [5.41, 5.74) is 1.42. The number of carbonyl (C=O) groups is 2. The molecule has 1 aromatic heterocycles. The lowest BCUT2D eigenvalue weighted by molar-refractivity contribution is 0.0742. The molecule has 0 aliphatic carbocycles. The summed E-state index contributed by atoms with van der Waals surface area (Å²) in [4.78, 5) is 38.5. The molecule has 2 aromatic carbocycles. The van der Waals surface area contributed by atoms with Gasteiger partial charge in [0.15, 0.2) is 5.78 Å². The fourth-order valence-electron chi connectivity index (χ4n) is 3.39. The van der Waals surface area contributed by atoms with Crippen LogP contribution in [-0.4, -0.2) is 52.7 Å². The first-order valence-electron chi connectivity index (χ1n) is 9.33. The van der Waals surface area contributed by atoms with E-state index in [1.165, 1.54) is 0 Å². The van der Waals surface area contributed by atoms with Gasteiger partial charge >= 0.3 is 0 Å². The van der Waals surface area contributed by atoms with Crippen LogP contribution in [0.15, 0.2) is 71.6 Å². The molecule has 1 fully saturated rings. The zero-order valence-electron chi connectivity index (χ0n) is 15.7. The Morgan fingerprint density at radius 3 is 2.21 bits per heavy atom. The van der Waals surface area contributed by atoms with Crippen LogP contribution in [0.3, 0.4) is 0 Å². The third-order valence-corrected chi connectivity index (χ3v) is 5.48. The zero-order valence-corrected chi connectivity index (χ0v) is 17.2. The monoisotopic (exact) mass is 450 g/mol. The molecule has 1 amide bonds. The minimum atomic E-state index is -0.153. The van der Waals surface area contributed by atoms with Crippen molar-refractivity contribution >= 4 is 33.4 Å². The minimum Gasteiger partial charge on any atom is -0.352 e. The molecule has 1 saturated heterocycles. The summed E-state index contributed by atoms with van der Waals surface area (Å²) >= 11 is 3.38. The first kappa shape index (κ1) is 19.3. The lowest BCUT2D eigenvalue weighted by Crippen LogP contribution is -2.49. The Morgan fingerprint density at radius 1 is 0.862 bits per heavy atom. The molecule has 0 unspecified atom stereocenters. The number of carbonyl (C=O) groups excluding carboxylic acids is 2. The fraction of sp³-hybridized carbons (Fsp3) is 0.182. The van der Waals surface area contributed by atoms with Gasteiger partial charge < -0.3 is 9.80 Å². The second kappa shape index (κ2) is 8.53. The second-order valence-corrected chi connectivity index (χ2v) is 7.64. The predicted octanol–water partition coefficient (Wildman–Crippen LogP) is 3.43. The maximum absolute atomic E-state index is 13.2. The van der Waals surface area contributed by atoms with Crippen molar-refractivity contribution in [2.24, 2.45) is 0 Å². The van der Waals surface area contributed by atoms with Gasteiger partial charge in [-0.3, -0.25) is 14.6 Å². The van der Waals surface area contributed by atoms with Crippen molar-refractivity contribution in [2.75, 3.05) is 31.1 Å². The fourth-order valence-corrected chi connectivity index (χ4v) is 3.65. The van der Waals surface area contributed by atoms with Gasteiger partial charge in [-0.2, -0.15) is 0 Å². The van der Waals surface area contributed by atoms with Crippen molar-refractivity contribution in [3.05, 3.63) is 88.3 Å². The van der Waals surface area contributed by atoms with Crippen LogP contribution < -0.4 is 4.90 Å². The third kappa shape index (κ3) is 4.19. The summed E-state index contributed by atoms with van der Waals surface area (Å²) in [5.74, 6) is 0.537. The van der Waals surface area contributed by atoms with E-state index in [1.807, 2.05) is 12.1 Å². The van der Waals surface area contributed by atoms with E-state index in [1.54, 1.807) is 59.9 Å². The lowest BCUT2D eigenvalue weighted by Gasteiger charge is -2.35. The average molecular weight is 451 g/mol. The third-order valence-electron chi connectivity index (χ3n) is 4.95. The number of anilines is 1. The molecule has 1 aliphatic rings. The molecule has 3 aromatic rings. The van der Waals surface area contributed by atoms with Crippen molar-refractivity contribution in [1.82, 2.24) is 14.9 Å². The number of nitrogens with zero attached hydrogens (tertiary/aromatic N) is 4. The summed E-state index contributed by atoms with van der Waals surface area (Å²) in [6.45, 7) is 2.48. The Morgan fingerprint density at radius 2 is 1.55 bits per heavy atom. The van der Waals surface area contributed by atoms with E-state index in [9.17, 15) is 9.59 Å². The Balaban J connectivity index is 1.51. The van der Waals surface area contributed by atoms with E-state index in [0.29, 0.717) is 42.9 Å². The Kier molecular flexibility index (Phi) is 5.67. The number of hydrogen-bond acceptors (Lipinski definition) is 5. The summed E-state index contributed by atoms with van der Waals surface area (Å²) in [6.07, 6.45) is 5.03. The van der Waals surface area contributed by atoms with Crippen LogP contribution in [0.25, 0.3) is 0 Å². The molecule has 0 spiro atoms. The largest absolute Gasteiger partial charge is 0.352 e. The highest BCUT2D eigenvalue weighted by Crippen LogP contribution is 2.20. The molecule has 1 aliphatic heterocycles. The molecule has 0 atom stereocenters. The van der Waals surface area contributed by atoms with Gasteiger partial charge in [0.05, 0.1) is 11.8 Å². The Bertz CT molecular complexity index is 1020. The highest BCUT2D eigenvalue weighted by Gasteiger charge is 2.26. The zero-order chi connectivity index (χ0) is 20.2. The van der Waals surface area contributed by atoms with Gasteiger partial charge in [0.2, 0.25) is 0 Å². The number of aromatic nitrogens is 2. The molecular formula is C22H19BrN4O2. The van der Waals surface area contributed by atoms with Gasteiger partial charge in [0, 0.05) is 54.2 Å². The highest BCUT2D eigenvalue weighted by atomic mass is 79.9. The first-order chi connectivity index (χ1) is 14.1. The lowest BCUT2D eigenvalue weighted by atomic mass is 9.97. The van der Waals surface area contributed by atoms with E-state index in [2.05, 4.69) is 30.8 Å². The summed E-state index contributed by atoms with van der Waals surface area (Å²) in [7, 11) is 0. The first-order valence-corrected chi connectivity index (χ1v) is 10.1. The molecule has 7 heteroatoms. The number of amides is 1. The Labute approximate surface area is 177 Å². The summed E-state index contributed by atoms with van der Waals surface area (Å²) < 4.78 is 0.902. The highest BCUT2D eigenvalue weighted by molar-refractivity contribution is 9.10. The quantitative estimate of drug-likeness (QED) is 0.569. The number of benzene rings is 2. The number of halogens is 1. The van der Waals surface area contributed by atoms with E-state index >= 15 is 0 Å². The molecule has 29 heavy (non-hydrogen) atoms. The number of rotatable bonds is 4. The molecule has 0 bridgehead atoms. The van der Waals surface area contributed by atoms with E-state index in [4.69, 9.17) is 0 Å². The molecule has 146 valence electrons. The van der Waals surface area contributed by atoms with Crippen LogP contribution in [0.4, 0.5) is 5.82 Å². The van der Waals surface area contributed by atoms with Gasteiger partial charge in [-0.1, -0.05) is 34.1 Å². The molecule has 6 nitrogen and oxygen atoms in total. The van der Waals surface area contributed by atoms with Crippen molar-refractivity contribution in [3.8, 4) is 0 Å². The number of piperazine rings is 1. The molecule has 0 N–H and O–H groups in total. The molecule has 0 saturated carbocycles. The summed E-state index contributed by atoms with van der Waals surface area (Å²) in [6, 6.07) is 14.2. The van der Waals surface area contributed by atoms with Gasteiger partial charge in [-0.05, 0) is 30.3 Å². The number of ketones is 1. The van der Waals surface area contributed by atoms with E-state index in [-0.39, 0.29) is 11.7 Å². The van der Waals surface area contributed by atoms with E-state index < -0.39 is 0 Å². The number of hydrogen-bond donors (Lipinski definition) is 0. The maximum atomic E-state index is 13.2. The topological polar surface area (TPSA) is 66.4 Å². The van der Waals surface area contributed by atoms with Crippen molar-refractivity contribution in [2.45, 2.75) is 0 Å². The Hall–Kier alpha value is -3.06. The van der Waals surface area contributed by atoms with Crippen LogP contribution >= 0.6 is 15.9 Å². The summed E-state index contributed by atoms with van der Waals surface area (Å²) in [5, 5.41) is 0. The second-order valence-electron chi connectivity index (χ2n) is 6.72. The smallest absolute Gasteiger partial charge is 0.254 e. The van der Waals surface area contributed by atoms with Crippen molar-refractivity contribution in [1.29, 1.82) is 0 Å². The molecular weight excluding hydrogens is 432 g/mol. The van der Waals surface area contributed by atoms with Crippen molar-refractivity contribution < 1.29 is 9.59 Å². The SMILES string of the molecule is O=C(c1ccc(Br)cc1)c1ccccc1C(=O)N1CCN(c2cnccn2)CC1. The van der Waals surface area contributed by atoms with Crippen LogP contribution in [-0.2, 0) is 0 Å².